The first kappa shape index (κ1) is 19.0. The lowest BCUT2D eigenvalue weighted by Gasteiger charge is -2.37. The molecule has 0 aromatic carbocycles. The van der Waals surface area contributed by atoms with Crippen LogP contribution < -0.4 is 10.6 Å². The Morgan fingerprint density at radius 2 is 2.14 bits per heavy atom. The quantitative estimate of drug-likeness (QED) is 0.398. The first-order chi connectivity index (χ1) is 9.70. The molecule has 0 aromatic rings. The van der Waals surface area contributed by atoms with Crippen molar-refractivity contribution in [2.24, 2.45) is 10.9 Å². The van der Waals surface area contributed by atoms with Crippen LogP contribution in [0.3, 0.4) is 0 Å². The Bertz CT molecular complexity index is 323. The second-order valence-electron chi connectivity index (χ2n) is 6.05. The van der Waals surface area contributed by atoms with E-state index >= 15 is 0 Å². The van der Waals surface area contributed by atoms with Gasteiger partial charge in [0.25, 0.3) is 0 Å². The lowest BCUT2D eigenvalue weighted by molar-refractivity contribution is -0.0165. The van der Waals surface area contributed by atoms with Gasteiger partial charge in [-0.15, -0.1) is 24.0 Å². The summed E-state index contributed by atoms with van der Waals surface area (Å²) in [6.45, 7) is 12.1. The predicted octanol–water partition coefficient (Wildman–Crippen LogP) is 1.68. The van der Waals surface area contributed by atoms with Crippen molar-refractivity contribution in [3.63, 3.8) is 0 Å². The summed E-state index contributed by atoms with van der Waals surface area (Å²) in [7, 11) is 0. The highest BCUT2D eigenvalue weighted by Crippen LogP contribution is 2.27. The van der Waals surface area contributed by atoms with Gasteiger partial charge in [-0.2, -0.15) is 0 Å². The predicted molar refractivity (Wildman–Crippen MR) is 98.6 cm³/mol. The lowest BCUT2D eigenvalue weighted by Crippen LogP contribution is -2.49. The molecule has 0 aromatic heterocycles. The van der Waals surface area contributed by atoms with Crippen LogP contribution in [-0.4, -0.2) is 62.3 Å². The van der Waals surface area contributed by atoms with E-state index in [9.17, 15) is 0 Å². The van der Waals surface area contributed by atoms with E-state index in [2.05, 4.69) is 36.3 Å². The summed E-state index contributed by atoms with van der Waals surface area (Å²) in [5, 5.41) is 6.78. The van der Waals surface area contributed by atoms with Crippen molar-refractivity contribution < 1.29 is 4.74 Å². The maximum Gasteiger partial charge on any atom is 0.191 e. The molecule has 0 bridgehead atoms. The Labute approximate surface area is 146 Å². The Morgan fingerprint density at radius 3 is 2.76 bits per heavy atom. The fourth-order valence-electron chi connectivity index (χ4n) is 2.63. The number of nitrogens with one attached hydrogen (secondary N) is 2. The van der Waals surface area contributed by atoms with E-state index in [-0.39, 0.29) is 24.0 Å². The highest BCUT2D eigenvalue weighted by Gasteiger charge is 2.24. The number of rotatable bonds is 6. The third-order valence-corrected chi connectivity index (χ3v) is 4.10. The van der Waals surface area contributed by atoms with E-state index in [1.165, 1.54) is 12.8 Å². The van der Waals surface area contributed by atoms with Gasteiger partial charge in [-0.3, -0.25) is 9.89 Å². The fraction of sp³-hybridized carbons (Fsp3) is 0.933. The van der Waals surface area contributed by atoms with Gasteiger partial charge in [-0.05, 0) is 39.5 Å². The van der Waals surface area contributed by atoms with Crippen LogP contribution in [0.25, 0.3) is 0 Å². The van der Waals surface area contributed by atoms with E-state index in [0.29, 0.717) is 12.1 Å². The Morgan fingerprint density at radius 1 is 1.38 bits per heavy atom. The highest BCUT2D eigenvalue weighted by atomic mass is 127. The minimum atomic E-state index is 0. The standard InChI is InChI=1S/C15H30N4O.HI/c1-4-16-15(18-10-14-5-6-14)17-9-12(2)19-7-8-20-11-13(19)3;/h12-14H,4-11H2,1-3H3,(H2,16,17,18);1H. The maximum atomic E-state index is 5.50. The molecular formula is C15H31IN4O. The Hall–Kier alpha value is -0.0800. The Balaban J connectivity index is 0.00000220. The van der Waals surface area contributed by atoms with Crippen molar-refractivity contribution >= 4 is 29.9 Å². The number of hydrogen-bond donors (Lipinski definition) is 2. The van der Waals surface area contributed by atoms with Crippen molar-refractivity contribution in [2.45, 2.75) is 45.7 Å². The maximum absolute atomic E-state index is 5.50. The second-order valence-corrected chi connectivity index (χ2v) is 6.05. The van der Waals surface area contributed by atoms with E-state index < -0.39 is 0 Å². The molecular weight excluding hydrogens is 379 g/mol. The zero-order chi connectivity index (χ0) is 14.4. The minimum Gasteiger partial charge on any atom is -0.379 e. The summed E-state index contributed by atoms with van der Waals surface area (Å²) in [4.78, 5) is 7.23. The molecule has 6 heteroatoms. The van der Waals surface area contributed by atoms with Gasteiger partial charge in [0.2, 0.25) is 0 Å². The molecule has 2 fully saturated rings. The number of nitrogens with zero attached hydrogens (tertiary/aromatic N) is 2. The molecule has 2 aliphatic rings. The van der Waals surface area contributed by atoms with Crippen LogP contribution in [0.2, 0.25) is 0 Å². The lowest BCUT2D eigenvalue weighted by atomic mass is 10.2. The van der Waals surface area contributed by atoms with Gasteiger partial charge in [0, 0.05) is 31.7 Å². The first-order valence-electron chi connectivity index (χ1n) is 8.06. The molecule has 1 aliphatic heterocycles. The summed E-state index contributed by atoms with van der Waals surface area (Å²) in [6.07, 6.45) is 2.74. The summed E-state index contributed by atoms with van der Waals surface area (Å²) in [6, 6.07) is 0.959. The van der Waals surface area contributed by atoms with Crippen LogP contribution in [0, 0.1) is 5.92 Å². The summed E-state index contributed by atoms with van der Waals surface area (Å²) in [5.74, 6) is 1.84. The van der Waals surface area contributed by atoms with Gasteiger partial charge >= 0.3 is 0 Å². The van der Waals surface area contributed by atoms with Crippen molar-refractivity contribution in [1.29, 1.82) is 0 Å². The van der Waals surface area contributed by atoms with Crippen molar-refractivity contribution in [2.75, 3.05) is 39.4 Å². The number of guanidine groups is 1. The fourth-order valence-corrected chi connectivity index (χ4v) is 2.63. The summed E-state index contributed by atoms with van der Waals surface area (Å²) in [5.41, 5.74) is 0. The first-order valence-corrected chi connectivity index (χ1v) is 8.06. The van der Waals surface area contributed by atoms with Crippen molar-refractivity contribution in [1.82, 2.24) is 15.5 Å². The zero-order valence-corrected chi connectivity index (χ0v) is 15.9. The molecule has 2 atom stereocenters. The molecule has 1 saturated heterocycles. The van der Waals surface area contributed by atoms with Gasteiger partial charge < -0.3 is 15.4 Å². The van der Waals surface area contributed by atoms with Gasteiger partial charge in [0.1, 0.15) is 0 Å². The van der Waals surface area contributed by atoms with E-state index in [0.717, 1.165) is 51.3 Å². The topological polar surface area (TPSA) is 48.9 Å². The largest absolute Gasteiger partial charge is 0.379 e. The normalized spacial score (nSPS) is 25.1. The average Bonchev–Trinajstić information content (AvgIpc) is 3.26. The molecule has 1 aliphatic carbocycles. The van der Waals surface area contributed by atoms with Gasteiger partial charge in [-0.25, -0.2) is 0 Å². The average molecular weight is 410 g/mol. The van der Waals surface area contributed by atoms with E-state index in [4.69, 9.17) is 9.73 Å². The molecule has 0 radical (unpaired) electrons. The highest BCUT2D eigenvalue weighted by molar-refractivity contribution is 14.0. The van der Waals surface area contributed by atoms with E-state index in [1.807, 2.05) is 0 Å². The zero-order valence-electron chi connectivity index (χ0n) is 13.6. The number of hydrogen-bond acceptors (Lipinski definition) is 3. The number of aliphatic imine (C=N–C) groups is 1. The summed E-state index contributed by atoms with van der Waals surface area (Å²) >= 11 is 0. The van der Waals surface area contributed by atoms with Crippen LogP contribution in [0.5, 0.6) is 0 Å². The molecule has 124 valence electrons. The number of morpholine rings is 1. The third kappa shape index (κ3) is 6.69. The number of ether oxygens (including phenoxy) is 1. The van der Waals surface area contributed by atoms with Crippen molar-refractivity contribution in [3.8, 4) is 0 Å². The van der Waals surface area contributed by atoms with Crippen molar-refractivity contribution in [3.05, 3.63) is 0 Å². The molecule has 5 nitrogen and oxygen atoms in total. The van der Waals surface area contributed by atoms with E-state index in [1.54, 1.807) is 0 Å². The number of halogens is 1. The molecule has 0 spiro atoms. The smallest absolute Gasteiger partial charge is 0.191 e. The molecule has 21 heavy (non-hydrogen) atoms. The third-order valence-electron chi connectivity index (χ3n) is 4.10. The van der Waals surface area contributed by atoms with Crippen LogP contribution >= 0.6 is 24.0 Å². The van der Waals surface area contributed by atoms with Crippen LogP contribution in [0.1, 0.15) is 33.6 Å². The van der Waals surface area contributed by atoms with Gasteiger partial charge in [0.05, 0.1) is 19.8 Å². The molecule has 2 N–H and O–H groups in total. The van der Waals surface area contributed by atoms with Crippen LogP contribution in [0.4, 0.5) is 0 Å². The molecule has 0 amide bonds. The van der Waals surface area contributed by atoms with Crippen LogP contribution in [-0.2, 0) is 4.74 Å². The summed E-state index contributed by atoms with van der Waals surface area (Å²) < 4.78 is 5.50. The van der Waals surface area contributed by atoms with Crippen LogP contribution in [0.15, 0.2) is 4.99 Å². The van der Waals surface area contributed by atoms with Gasteiger partial charge in [0.15, 0.2) is 5.96 Å². The van der Waals surface area contributed by atoms with Gasteiger partial charge in [-0.1, -0.05) is 0 Å². The molecule has 1 heterocycles. The molecule has 1 saturated carbocycles. The molecule has 2 unspecified atom stereocenters. The second kappa shape index (κ2) is 9.84. The minimum absolute atomic E-state index is 0. The SMILES string of the molecule is CCNC(=NCC(C)N1CCOCC1C)NCC1CC1.I. The monoisotopic (exact) mass is 410 g/mol. The Kier molecular flexibility index (Phi) is 8.89. The molecule has 2 rings (SSSR count).